The SMILES string of the molecule is Cc1oc2cc3c(C(=O)OCC[NH+](C)C)c(C)oc3cc2c1C(=O)OCC[NH+](C)C. The Bertz CT molecular complexity index is 990. The average Bonchev–Trinajstić information content (AvgIpc) is 3.12. The van der Waals surface area contributed by atoms with E-state index in [-0.39, 0.29) is 0 Å². The van der Waals surface area contributed by atoms with Crippen LogP contribution in [-0.2, 0) is 9.47 Å². The van der Waals surface area contributed by atoms with Gasteiger partial charge in [0.05, 0.1) is 28.2 Å². The van der Waals surface area contributed by atoms with Crippen LogP contribution in [0.1, 0.15) is 32.2 Å². The Morgan fingerprint density at radius 2 is 1.13 bits per heavy atom. The molecule has 30 heavy (non-hydrogen) atoms. The van der Waals surface area contributed by atoms with Crippen LogP contribution < -0.4 is 9.80 Å². The highest BCUT2D eigenvalue weighted by Gasteiger charge is 2.25. The molecule has 8 nitrogen and oxygen atoms in total. The van der Waals surface area contributed by atoms with E-state index in [2.05, 4.69) is 0 Å². The van der Waals surface area contributed by atoms with Crippen molar-refractivity contribution in [3.05, 3.63) is 34.8 Å². The van der Waals surface area contributed by atoms with Crippen LogP contribution in [0.5, 0.6) is 0 Å². The van der Waals surface area contributed by atoms with E-state index in [1.165, 1.54) is 9.80 Å². The summed E-state index contributed by atoms with van der Waals surface area (Å²) < 4.78 is 22.4. The molecule has 0 amide bonds. The molecule has 0 fully saturated rings. The first-order chi connectivity index (χ1) is 14.2. The standard InChI is InChI=1S/C22H28N2O6/c1-13-19(21(25)27-9-7-23(3)4)15-11-18-16(12-17(15)29-13)20(14(2)30-18)22(26)28-10-8-24(5)6/h11-12H,7-10H2,1-6H3/p+2. The summed E-state index contributed by atoms with van der Waals surface area (Å²) in [5, 5.41) is 1.21. The second-order valence-electron chi connectivity index (χ2n) is 8.10. The number of carbonyl (C=O) groups is 2. The van der Waals surface area contributed by atoms with Gasteiger partial charge in [0.15, 0.2) is 0 Å². The molecule has 0 saturated heterocycles. The first-order valence-electron chi connectivity index (χ1n) is 10.1. The fourth-order valence-corrected chi connectivity index (χ4v) is 3.28. The molecule has 0 aliphatic rings. The fraction of sp³-hybridized carbons (Fsp3) is 0.455. The van der Waals surface area contributed by atoms with Crippen LogP contribution in [-0.4, -0.2) is 66.4 Å². The first kappa shape index (κ1) is 21.9. The molecular weight excluding hydrogens is 388 g/mol. The molecule has 3 aromatic rings. The van der Waals surface area contributed by atoms with Crippen molar-refractivity contribution >= 4 is 33.9 Å². The number of carbonyl (C=O) groups excluding carboxylic acids is 2. The number of ether oxygens (including phenoxy) is 2. The lowest BCUT2D eigenvalue weighted by molar-refractivity contribution is -0.858. The van der Waals surface area contributed by atoms with Crippen LogP contribution in [0.15, 0.2) is 21.0 Å². The number of furan rings is 2. The third-order valence-electron chi connectivity index (χ3n) is 4.93. The highest BCUT2D eigenvalue weighted by molar-refractivity contribution is 6.12. The van der Waals surface area contributed by atoms with Crippen molar-refractivity contribution in [2.24, 2.45) is 0 Å². The average molecular weight is 418 g/mol. The lowest BCUT2D eigenvalue weighted by atomic mass is 10.1. The summed E-state index contributed by atoms with van der Waals surface area (Å²) in [6.45, 7) is 5.51. The molecule has 2 aromatic heterocycles. The molecule has 0 bridgehead atoms. The van der Waals surface area contributed by atoms with E-state index in [0.29, 0.717) is 70.9 Å². The van der Waals surface area contributed by atoms with Crippen molar-refractivity contribution in [1.82, 2.24) is 0 Å². The number of quaternary nitrogens is 2. The number of benzene rings is 1. The summed E-state index contributed by atoms with van der Waals surface area (Å²) in [4.78, 5) is 27.6. The zero-order valence-corrected chi connectivity index (χ0v) is 18.4. The second kappa shape index (κ2) is 8.89. The second-order valence-corrected chi connectivity index (χ2v) is 8.10. The van der Waals surface area contributed by atoms with Gasteiger partial charge in [-0.25, -0.2) is 9.59 Å². The van der Waals surface area contributed by atoms with Gasteiger partial charge in [-0.3, -0.25) is 0 Å². The van der Waals surface area contributed by atoms with Crippen LogP contribution in [0.2, 0.25) is 0 Å². The maximum Gasteiger partial charge on any atom is 0.342 e. The van der Waals surface area contributed by atoms with Gasteiger partial charge in [0.1, 0.15) is 60.1 Å². The van der Waals surface area contributed by atoms with Gasteiger partial charge < -0.3 is 28.1 Å². The number of hydrogen-bond acceptors (Lipinski definition) is 6. The largest absolute Gasteiger partial charge is 0.460 e. The normalized spacial score (nSPS) is 11.7. The van der Waals surface area contributed by atoms with E-state index in [9.17, 15) is 9.59 Å². The van der Waals surface area contributed by atoms with Gasteiger partial charge in [-0.05, 0) is 26.0 Å². The summed E-state index contributed by atoms with van der Waals surface area (Å²) >= 11 is 0. The van der Waals surface area contributed by atoms with Crippen LogP contribution in [0, 0.1) is 13.8 Å². The van der Waals surface area contributed by atoms with E-state index in [4.69, 9.17) is 18.3 Å². The van der Waals surface area contributed by atoms with Crippen molar-refractivity contribution in [2.45, 2.75) is 13.8 Å². The predicted molar refractivity (Wildman–Crippen MR) is 111 cm³/mol. The van der Waals surface area contributed by atoms with Gasteiger partial charge in [0, 0.05) is 10.8 Å². The van der Waals surface area contributed by atoms with Crippen LogP contribution >= 0.6 is 0 Å². The van der Waals surface area contributed by atoms with Crippen molar-refractivity contribution in [2.75, 3.05) is 54.5 Å². The number of aryl methyl sites for hydroxylation is 2. The van der Waals surface area contributed by atoms with Crippen molar-refractivity contribution in [1.29, 1.82) is 0 Å². The van der Waals surface area contributed by atoms with Crippen LogP contribution in [0.3, 0.4) is 0 Å². The predicted octanol–water partition coefficient (Wildman–Crippen LogP) is 0.398. The molecule has 3 rings (SSSR count). The minimum absolute atomic E-state index is 0.319. The minimum Gasteiger partial charge on any atom is -0.460 e. The summed E-state index contributed by atoms with van der Waals surface area (Å²) in [6.07, 6.45) is 0. The Morgan fingerprint density at radius 3 is 1.47 bits per heavy atom. The van der Waals surface area contributed by atoms with Gasteiger partial charge in [-0.2, -0.15) is 0 Å². The highest BCUT2D eigenvalue weighted by Crippen LogP contribution is 2.34. The topological polar surface area (TPSA) is 87.8 Å². The lowest BCUT2D eigenvalue weighted by Gasteiger charge is -2.08. The Morgan fingerprint density at radius 1 is 0.767 bits per heavy atom. The van der Waals surface area contributed by atoms with Gasteiger partial charge in [-0.1, -0.05) is 0 Å². The first-order valence-corrected chi connectivity index (χ1v) is 10.1. The summed E-state index contributed by atoms with van der Waals surface area (Å²) in [5.74, 6) is 0.0752. The maximum atomic E-state index is 12.6. The van der Waals surface area contributed by atoms with E-state index in [1.54, 1.807) is 26.0 Å². The smallest absolute Gasteiger partial charge is 0.342 e. The molecule has 2 heterocycles. The summed E-state index contributed by atoms with van der Waals surface area (Å²) in [6, 6.07) is 3.45. The van der Waals surface area contributed by atoms with E-state index >= 15 is 0 Å². The van der Waals surface area contributed by atoms with Crippen LogP contribution in [0.25, 0.3) is 21.9 Å². The van der Waals surface area contributed by atoms with Gasteiger partial charge in [0.25, 0.3) is 0 Å². The van der Waals surface area contributed by atoms with E-state index in [1.807, 2.05) is 28.2 Å². The molecule has 0 spiro atoms. The van der Waals surface area contributed by atoms with Gasteiger partial charge >= 0.3 is 11.9 Å². The van der Waals surface area contributed by atoms with Crippen molar-refractivity contribution < 1.29 is 37.7 Å². The quantitative estimate of drug-likeness (QED) is 0.515. The number of fused-ring (bicyclic) bond motifs is 2. The molecule has 0 aliphatic heterocycles. The Hall–Kier alpha value is -2.84. The number of rotatable bonds is 8. The molecule has 0 radical (unpaired) electrons. The Kier molecular flexibility index (Phi) is 6.48. The van der Waals surface area contributed by atoms with Crippen LogP contribution in [0.4, 0.5) is 0 Å². The molecule has 8 heteroatoms. The molecule has 0 aliphatic carbocycles. The number of likely N-dealkylation sites (N-methyl/N-ethyl adjacent to an activating group) is 2. The molecular formula is C22H30N2O6+2. The summed E-state index contributed by atoms with van der Waals surface area (Å²) in [7, 11) is 7.97. The molecule has 0 saturated carbocycles. The van der Waals surface area contributed by atoms with E-state index in [0.717, 1.165) is 0 Å². The molecule has 1 aromatic carbocycles. The minimum atomic E-state index is -0.430. The maximum absolute atomic E-state index is 12.6. The highest BCUT2D eigenvalue weighted by atomic mass is 16.5. The Labute approximate surface area is 175 Å². The van der Waals surface area contributed by atoms with Gasteiger partial charge in [0.2, 0.25) is 0 Å². The van der Waals surface area contributed by atoms with Gasteiger partial charge in [-0.15, -0.1) is 0 Å². The number of nitrogens with one attached hydrogen (secondary N) is 2. The molecule has 0 unspecified atom stereocenters. The van der Waals surface area contributed by atoms with Crippen molar-refractivity contribution in [3.8, 4) is 0 Å². The third-order valence-corrected chi connectivity index (χ3v) is 4.93. The fourth-order valence-electron chi connectivity index (χ4n) is 3.28. The third kappa shape index (κ3) is 4.49. The molecule has 0 atom stereocenters. The zero-order chi connectivity index (χ0) is 22.0. The van der Waals surface area contributed by atoms with E-state index < -0.39 is 11.9 Å². The Balaban J connectivity index is 1.94. The lowest BCUT2D eigenvalue weighted by Crippen LogP contribution is -3.06. The van der Waals surface area contributed by atoms with Crippen molar-refractivity contribution in [3.63, 3.8) is 0 Å². The molecule has 2 N–H and O–H groups in total. The summed E-state index contributed by atoms with van der Waals surface area (Å²) in [5.41, 5.74) is 1.76. The number of hydrogen-bond donors (Lipinski definition) is 2. The zero-order valence-electron chi connectivity index (χ0n) is 18.4. The monoisotopic (exact) mass is 418 g/mol. The number of esters is 2. The molecule has 162 valence electrons.